The Labute approximate surface area is 221 Å². The molecule has 1 aliphatic rings. The molecule has 0 saturated carbocycles. The Balaban J connectivity index is 1.90. The van der Waals surface area contributed by atoms with Crippen molar-refractivity contribution in [3.8, 4) is 11.5 Å². The number of benzene rings is 2. The lowest BCUT2D eigenvalue weighted by Gasteiger charge is -2.43. The number of likely N-dealkylation sites (tertiary alicyclic amines) is 1. The summed E-state index contributed by atoms with van der Waals surface area (Å²) in [5, 5.41) is 15.6. The van der Waals surface area contributed by atoms with Crippen LogP contribution in [0.15, 0.2) is 42.5 Å². The van der Waals surface area contributed by atoms with E-state index in [4.69, 9.17) is 9.47 Å². The first-order chi connectivity index (χ1) is 17.8. The number of hydrogen-bond acceptors (Lipinski definition) is 5. The van der Waals surface area contributed by atoms with E-state index in [0.717, 1.165) is 32.2 Å². The second-order valence-electron chi connectivity index (χ2n) is 10.4. The molecule has 3 rings (SSSR count). The molecule has 0 aromatic heterocycles. The van der Waals surface area contributed by atoms with Crippen LogP contribution in [0.25, 0.3) is 0 Å². The van der Waals surface area contributed by atoms with Crippen molar-refractivity contribution in [2.45, 2.75) is 58.0 Å². The van der Waals surface area contributed by atoms with Crippen LogP contribution < -0.4 is 10.1 Å². The molecule has 2 aromatic rings. The first kappa shape index (κ1) is 29.1. The summed E-state index contributed by atoms with van der Waals surface area (Å²) in [6.45, 7) is 6.52. The van der Waals surface area contributed by atoms with Gasteiger partial charge in [0.15, 0.2) is 0 Å². The molecule has 1 saturated heterocycles. The van der Waals surface area contributed by atoms with Crippen molar-refractivity contribution in [3.05, 3.63) is 59.4 Å². The Hall–Kier alpha value is -2.48. The highest BCUT2D eigenvalue weighted by atomic mass is 19.1. The van der Waals surface area contributed by atoms with Crippen molar-refractivity contribution in [1.29, 1.82) is 0 Å². The Bertz CT molecular complexity index is 1020. The van der Waals surface area contributed by atoms with Gasteiger partial charge in [-0.15, -0.1) is 0 Å². The average Bonchev–Trinajstić information content (AvgIpc) is 2.88. The zero-order valence-electron chi connectivity index (χ0n) is 22.8. The molecule has 7 heteroatoms. The fourth-order valence-electron chi connectivity index (χ4n) is 5.40. The minimum absolute atomic E-state index is 0.133. The first-order valence-electron chi connectivity index (χ1n) is 13.5. The highest BCUT2D eigenvalue weighted by Gasteiger charge is 2.43. The van der Waals surface area contributed by atoms with E-state index in [-0.39, 0.29) is 23.6 Å². The fraction of sp³-hybridized carbons (Fsp3) is 0.567. The Morgan fingerprint density at radius 2 is 2.03 bits per heavy atom. The van der Waals surface area contributed by atoms with Crippen LogP contribution in [-0.4, -0.2) is 56.3 Å². The van der Waals surface area contributed by atoms with Gasteiger partial charge in [0.2, 0.25) is 5.91 Å². The highest BCUT2D eigenvalue weighted by Crippen LogP contribution is 2.44. The minimum atomic E-state index is -1.19. The normalized spacial score (nSPS) is 18.3. The quantitative estimate of drug-likeness (QED) is 0.350. The van der Waals surface area contributed by atoms with Gasteiger partial charge >= 0.3 is 0 Å². The fourth-order valence-corrected chi connectivity index (χ4v) is 5.40. The SMILES string of the molecule is CNC[C@H](C)CC(=O)N1CCC[C@@H]([C@@](O)(CCCCOC)c2ccccc2Oc2ccc(F)cc2C)C1. The zero-order valence-corrected chi connectivity index (χ0v) is 22.8. The largest absolute Gasteiger partial charge is 0.457 e. The van der Waals surface area contributed by atoms with E-state index in [1.165, 1.54) is 12.1 Å². The summed E-state index contributed by atoms with van der Waals surface area (Å²) in [6.07, 6.45) is 4.29. The predicted molar refractivity (Wildman–Crippen MR) is 144 cm³/mol. The molecule has 3 atom stereocenters. The molecule has 2 N–H and O–H groups in total. The van der Waals surface area contributed by atoms with Gasteiger partial charge in [-0.25, -0.2) is 4.39 Å². The van der Waals surface area contributed by atoms with Crippen molar-refractivity contribution < 1.29 is 23.8 Å². The smallest absolute Gasteiger partial charge is 0.222 e. The third kappa shape index (κ3) is 7.76. The second-order valence-corrected chi connectivity index (χ2v) is 10.4. The number of para-hydroxylation sites is 1. The van der Waals surface area contributed by atoms with Crippen LogP contribution in [0.3, 0.4) is 0 Å². The van der Waals surface area contributed by atoms with E-state index >= 15 is 0 Å². The molecule has 1 fully saturated rings. The molecule has 1 aliphatic heterocycles. The predicted octanol–water partition coefficient (Wildman–Crippen LogP) is 5.41. The number of ether oxygens (including phenoxy) is 2. The van der Waals surface area contributed by atoms with E-state index in [0.29, 0.717) is 55.2 Å². The average molecular weight is 515 g/mol. The molecule has 1 amide bonds. The van der Waals surface area contributed by atoms with E-state index in [2.05, 4.69) is 12.2 Å². The van der Waals surface area contributed by atoms with Crippen LogP contribution in [0.1, 0.15) is 56.6 Å². The number of unbranched alkanes of at least 4 members (excludes halogenated alkanes) is 1. The maximum atomic E-state index is 13.7. The number of aryl methyl sites for hydroxylation is 1. The van der Waals surface area contributed by atoms with Crippen molar-refractivity contribution in [2.24, 2.45) is 11.8 Å². The second kappa shape index (κ2) is 13.9. The number of hydrogen-bond donors (Lipinski definition) is 2. The van der Waals surface area contributed by atoms with Crippen molar-refractivity contribution in [1.82, 2.24) is 10.2 Å². The molecule has 6 nitrogen and oxygen atoms in total. The number of methoxy groups -OCH3 is 1. The number of carbonyl (C=O) groups excluding carboxylic acids is 1. The number of carbonyl (C=O) groups is 1. The van der Waals surface area contributed by atoms with Crippen LogP contribution in [0.4, 0.5) is 4.39 Å². The number of nitrogens with one attached hydrogen (secondary N) is 1. The Morgan fingerprint density at radius 3 is 2.76 bits per heavy atom. The topological polar surface area (TPSA) is 71.0 Å². The highest BCUT2D eigenvalue weighted by molar-refractivity contribution is 5.76. The maximum absolute atomic E-state index is 13.7. The third-order valence-corrected chi connectivity index (χ3v) is 7.39. The third-order valence-electron chi connectivity index (χ3n) is 7.39. The van der Waals surface area contributed by atoms with Gasteiger partial charge in [0.1, 0.15) is 17.3 Å². The molecule has 0 unspecified atom stereocenters. The number of aliphatic hydroxyl groups is 1. The molecule has 37 heavy (non-hydrogen) atoms. The zero-order chi connectivity index (χ0) is 26.8. The first-order valence-corrected chi connectivity index (χ1v) is 13.5. The van der Waals surface area contributed by atoms with E-state index < -0.39 is 5.60 Å². The molecule has 0 spiro atoms. The van der Waals surface area contributed by atoms with Gasteiger partial charge in [-0.1, -0.05) is 25.1 Å². The van der Waals surface area contributed by atoms with Crippen LogP contribution in [0.2, 0.25) is 0 Å². The molecule has 204 valence electrons. The summed E-state index contributed by atoms with van der Waals surface area (Å²) in [6, 6.07) is 12.0. The summed E-state index contributed by atoms with van der Waals surface area (Å²) < 4.78 is 25.2. The van der Waals surface area contributed by atoms with Crippen LogP contribution in [-0.2, 0) is 15.1 Å². The molecular weight excluding hydrogens is 471 g/mol. The molecule has 1 heterocycles. The molecule has 0 aliphatic carbocycles. The van der Waals surface area contributed by atoms with Crippen LogP contribution in [0, 0.1) is 24.6 Å². The minimum Gasteiger partial charge on any atom is -0.457 e. The van der Waals surface area contributed by atoms with Crippen LogP contribution >= 0.6 is 0 Å². The summed E-state index contributed by atoms with van der Waals surface area (Å²) in [5.74, 6) is 1.04. The van der Waals surface area contributed by atoms with Gasteiger partial charge in [0, 0.05) is 44.7 Å². The number of halogens is 1. The van der Waals surface area contributed by atoms with Gasteiger partial charge in [0.05, 0.1) is 5.60 Å². The van der Waals surface area contributed by atoms with E-state index in [1.807, 2.05) is 36.2 Å². The van der Waals surface area contributed by atoms with Crippen molar-refractivity contribution in [3.63, 3.8) is 0 Å². The summed E-state index contributed by atoms with van der Waals surface area (Å²) in [4.78, 5) is 15.0. The molecule has 0 bridgehead atoms. The van der Waals surface area contributed by atoms with Gasteiger partial charge in [-0.3, -0.25) is 4.79 Å². The summed E-state index contributed by atoms with van der Waals surface area (Å²) in [7, 11) is 3.58. The summed E-state index contributed by atoms with van der Waals surface area (Å²) in [5.41, 5.74) is 0.205. The van der Waals surface area contributed by atoms with Crippen molar-refractivity contribution >= 4 is 5.91 Å². The number of amides is 1. The van der Waals surface area contributed by atoms with Crippen molar-refractivity contribution in [2.75, 3.05) is 40.4 Å². The number of nitrogens with zero attached hydrogens (tertiary/aromatic N) is 1. The molecule has 0 radical (unpaired) electrons. The molecular formula is C30H43FN2O4. The van der Waals surface area contributed by atoms with E-state index in [9.17, 15) is 14.3 Å². The van der Waals surface area contributed by atoms with Gasteiger partial charge in [-0.05, 0) is 88.4 Å². The maximum Gasteiger partial charge on any atom is 0.222 e. The van der Waals surface area contributed by atoms with Gasteiger partial charge in [0.25, 0.3) is 0 Å². The van der Waals surface area contributed by atoms with Crippen LogP contribution in [0.5, 0.6) is 11.5 Å². The standard InChI is InChI=1S/C30H43FN2O4/c1-22(20-32-3)18-29(34)33-16-9-10-24(21-33)30(35,15-7-8-17-36-4)26-11-5-6-12-28(26)37-27-14-13-25(31)19-23(27)2/h5-6,11-14,19,22,24,32,35H,7-10,15-18,20-21H2,1-4H3/t22-,24-,30+/m1/s1. The van der Waals surface area contributed by atoms with Gasteiger partial charge < -0.3 is 24.8 Å². The van der Waals surface area contributed by atoms with E-state index in [1.54, 1.807) is 20.1 Å². The lowest BCUT2D eigenvalue weighted by molar-refractivity contribution is -0.137. The Kier molecular flexibility index (Phi) is 10.9. The lowest BCUT2D eigenvalue weighted by Crippen LogP contribution is -2.48. The van der Waals surface area contributed by atoms with Gasteiger partial charge in [-0.2, -0.15) is 0 Å². The lowest BCUT2D eigenvalue weighted by atomic mass is 9.73. The Morgan fingerprint density at radius 1 is 1.24 bits per heavy atom. The number of rotatable bonds is 13. The summed E-state index contributed by atoms with van der Waals surface area (Å²) >= 11 is 0. The molecule has 2 aromatic carbocycles. The monoisotopic (exact) mass is 514 g/mol. The number of piperidine rings is 1.